The van der Waals surface area contributed by atoms with Crippen LogP contribution in [-0.2, 0) is 9.47 Å². The first-order valence-electron chi connectivity index (χ1n) is 7.18. The van der Waals surface area contributed by atoms with Gasteiger partial charge in [-0.3, -0.25) is 0 Å². The minimum absolute atomic E-state index is 0.145. The summed E-state index contributed by atoms with van der Waals surface area (Å²) in [4.78, 5) is 14.1. The van der Waals surface area contributed by atoms with Crippen molar-refractivity contribution in [3.05, 3.63) is 28.8 Å². The van der Waals surface area contributed by atoms with Crippen molar-refractivity contribution in [2.75, 3.05) is 31.6 Å². The summed E-state index contributed by atoms with van der Waals surface area (Å²) in [5, 5.41) is 3.52. The van der Waals surface area contributed by atoms with E-state index in [-0.39, 0.29) is 6.03 Å². The Morgan fingerprint density at radius 3 is 2.86 bits per heavy atom. The maximum atomic E-state index is 12.4. The van der Waals surface area contributed by atoms with Gasteiger partial charge in [-0.25, -0.2) is 4.79 Å². The molecule has 2 fully saturated rings. The Hall–Kier alpha value is -1.30. The lowest BCUT2D eigenvalue weighted by Crippen LogP contribution is -2.52. The number of piperidine rings is 1. The molecule has 0 aromatic heterocycles. The number of benzene rings is 1. The van der Waals surface area contributed by atoms with Crippen molar-refractivity contribution < 1.29 is 14.3 Å². The summed E-state index contributed by atoms with van der Waals surface area (Å²) >= 11 is 6.08. The molecule has 0 atom stereocenters. The molecule has 2 saturated heterocycles. The predicted octanol–water partition coefficient (Wildman–Crippen LogP) is 3.02. The van der Waals surface area contributed by atoms with Gasteiger partial charge in [0.15, 0.2) is 5.79 Å². The molecule has 1 aromatic rings. The summed E-state index contributed by atoms with van der Waals surface area (Å²) in [6.45, 7) is 4.31. The summed E-state index contributed by atoms with van der Waals surface area (Å²) in [6, 6.07) is 5.35. The number of nitrogens with zero attached hydrogens (tertiary/aromatic N) is 1. The number of halogens is 1. The fraction of sp³-hybridized carbons (Fsp3) is 0.533. The molecule has 1 N–H and O–H groups in total. The van der Waals surface area contributed by atoms with Gasteiger partial charge in [-0.15, -0.1) is 0 Å². The van der Waals surface area contributed by atoms with Crippen LogP contribution in [0.25, 0.3) is 0 Å². The van der Waals surface area contributed by atoms with Gasteiger partial charge in [0, 0.05) is 23.7 Å². The highest BCUT2D eigenvalue weighted by molar-refractivity contribution is 6.31. The molecule has 0 bridgehead atoms. The fourth-order valence-electron chi connectivity index (χ4n) is 2.77. The molecule has 6 heteroatoms. The van der Waals surface area contributed by atoms with E-state index in [9.17, 15) is 4.79 Å². The van der Waals surface area contributed by atoms with E-state index in [2.05, 4.69) is 5.32 Å². The molecular weight excluding hydrogens is 292 g/mol. The van der Waals surface area contributed by atoms with E-state index >= 15 is 0 Å². The lowest BCUT2D eigenvalue weighted by atomic mass is 10.1. The highest BCUT2D eigenvalue weighted by Crippen LogP contribution is 2.30. The summed E-state index contributed by atoms with van der Waals surface area (Å²) in [6.07, 6.45) is 1.72. The van der Waals surface area contributed by atoms with Gasteiger partial charge in [0.2, 0.25) is 0 Å². The van der Waals surface area contributed by atoms with Crippen LogP contribution in [0.5, 0.6) is 0 Å². The molecule has 2 heterocycles. The van der Waals surface area contributed by atoms with E-state index in [0.717, 1.165) is 18.4 Å². The standard InChI is InChI=1S/C15H19ClN2O3/c1-11-3-4-12(9-13(11)16)17-14(19)18-6-2-5-15(10-18)20-7-8-21-15/h3-4,9H,2,5-8,10H2,1H3,(H,17,19). The molecule has 2 aliphatic rings. The second kappa shape index (κ2) is 5.83. The SMILES string of the molecule is Cc1ccc(NC(=O)N2CCCC3(C2)OCCO3)cc1Cl. The molecular formula is C15H19ClN2O3. The number of carbonyl (C=O) groups is 1. The van der Waals surface area contributed by atoms with Crippen LogP contribution < -0.4 is 5.32 Å². The van der Waals surface area contributed by atoms with E-state index in [1.165, 1.54) is 0 Å². The summed E-state index contributed by atoms with van der Waals surface area (Å²) in [7, 11) is 0. The number of hydrogen-bond acceptors (Lipinski definition) is 3. The van der Waals surface area contributed by atoms with Crippen molar-refractivity contribution in [2.45, 2.75) is 25.6 Å². The van der Waals surface area contributed by atoms with E-state index in [1.807, 2.05) is 19.1 Å². The largest absolute Gasteiger partial charge is 0.346 e. The van der Waals surface area contributed by atoms with Crippen LogP contribution in [0.1, 0.15) is 18.4 Å². The highest BCUT2D eigenvalue weighted by atomic mass is 35.5. The van der Waals surface area contributed by atoms with Crippen molar-refractivity contribution >= 4 is 23.3 Å². The lowest BCUT2D eigenvalue weighted by Gasteiger charge is -2.38. The number of urea groups is 1. The Bertz CT molecular complexity index is 544. The molecule has 0 radical (unpaired) electrons. The topological polar surface area (TPSA) is 50.8 Å². The maximum Gasteiger partial charge on any atom is 0.322 e. The molecule has 0 unspecified atom stereocenters. The van der Waals surface area contributed by atoms with Gasteiger partial charge >= 0.3 is 6.03 Å². The van der Waals surface area contributed by atoms with E-state index < -0.39 is 5.79 Å². The Morgan fingerprint density at radius 2 is 2.14 bits per heavy atom. The quantitative estimate of drug-likeness (QED) is 0.867. The zero-order valence-corrected chi connectivity index (χ0v) is 12.8. The van der Waals surface area contributed by atoms with Crippen LogP contribution >= 0.6 is 11.6 Å². The zero-order chi connectivity index (χ0) is 14.9. The highest BCUT2D eigenvalue weighted by Gasteiger charge is 2.42. The third-order valence-electron chi connectivity index (χ3n) is 3.94. The van der Waals surface area contributed by atoms with Crippen LogP contribution in [0.15, 0.2) is 18.2 Å². The van der Waals surface area contributed by atoms with Crippen molar-refractivity contribution in [1.82, 2.24) is 4.90 Å². The molecule has 2 amide bonds. The molecule has 114 valence electrons. The van der Waals surface area contributed by atoms with Gasteiger partial charge in [-0.05, 0) is 31.0 Å². The lowest BCUT2D eigenvalue weighted by molar-refractivity contribution is -0.182. The molecule has 21 heavy (non-hydrogen) atoms. The van der Waals surface area contributed by atoms with E-state index in [4.69, 9.17) is 21.1 Å². The maximum absolute atomic E-state index is 12.4. The van der Waals surface area contributed by atoms with E-state index in [0.29, 0.717) is 37.0 Å². The number of carbonyl (C=O) groups excluding carboxylic acids is 1. The number of aryl methyl sites for hydroxylation is 1. The second-order valence-corrected chi connectivity index (χ2v) is 5.93. The Kier molecular flexibility index (Phi) is 4.06. The number of ether oxygens (including phenoxy) is 2. The van der Waals surface area contributed by atoms with Crippen LogP contribution in [-0.4, -0.2) is 43.0 Å². The number of hydrogen-bond donors (Lipinski definition) is 1. The number of anilines is 1. The molecule has 0 aliphatic carbocycles. The Balaban J connectivity index is 1.65. The molecule has 1 spiro atoms. The van der Waals surface area contributed by atoms with Gasteiger partial charge in [0.05, 0.1) is 19.8 Å². The first-order valence-corrected chi connectivity index (χ1v) is 7.56. The summed E-state index contributed by atoms with van der Waals surface area (Å²) in [5.41, 5.74) is 1.68. The smallest absolute Gasteiger partial charge is 0.322 e. The van der Waals surface area contributed by atoms with Crippen LogP contribution in [0.4, 0.5) is 10.5 Å². The molecule has 5 nitrogen and oxygen atoms in total. The number of amides is 2. The predicted molar refractivity (Wildman–Crippen MR) is 80.6 cm³/mol. The molecule has 3 rings (SSSR count). The van der Waals surface area contributed by atoms with Crippen LogP contribution in [0.2, 0.25) is 5.02 Å². The third kappa shape index (κ3) is 3.15. The number of nitrogens with one attached hydrogen (secondary N) is 1. The average molecular weight is 311 g/mol. The van der Waals surface area contributed by atoms with Crippen molar-refractivity contribution in [1.29, 1.82) is 0 Å². The second-order valence-electron chi connectivity index (χ2n) is 5.53. The normalized spacial score (nSPS) is 20.8. The molecule has 0 saturated carbocycles. The first-order chi connectivity index (χ1) is 10.1. The van der Waals surface area contributed by atoms with Crippen molar-refractivity contribution in [2.24, 2.45) is 0 Å². The monoisotopic (exact) mass is 310 g/mol. The molecule has 2 aliphatic heterocycles. The minimum atomic E-state index is -0.597. The van der Waals surface area contributed by atoms with Crippen molar-refractivity contribution in [3.8, 4) is 0 Å². The minimum Gasteiger partial charge on any atom is -0.346 e. The van der Waals surface area contributed by atoms with Crippen LogP contribution in [0.3, 0.4) is 0 Å². The Labute approximate surface area is 129 Å². The summed E-state index contributed by atoms with van der Waals surface area (Å²) in [5.74, 6) is -0.597. The van der Waals surface area contributed by atoms with Gasteiger partial charge < -0.3 is 19.7 Å². The van der Waals surface area contributed by atoms with E-state index in [1.54, 1.807) is 11.0 Å². The van der Waals surface area contributed by atoms with Gasteiger partial charge in [0.1, 0.15) is 0 Å². The van der Waals surface area contributed by atoms with Gasteiger partial charge in [-0.2, -0.15) is 0 Å². The average Bonchev–Trinajstić information content (AvgIpc) is 2.91. The fourth-order valence-corrected chi connectivity index (χ4v) is 2.95. The third-order valence-corrected chi connectivity index (χ3v) is 4.35. The zero-order valence-electron chi connectivity index (χ0n) is 12.0. The van der Waals surface area contributed by atoms with Gasteiger partial charge in [-0.1, -0.05) is 17.7 Å². The van der Waals surface area contributed by atoms with Crippen molar-refractivity contribution in [3.63, 3.8) is 0 Å². The first kappa shape index (κ1) is 14.6. The number of likely N-dealkylation sites (tertiary alicyclic amines) is 1. The van der Waals surface area contributed by atoms with Gasteiger partial charge in [0.25, 0.3) is 0 Å². The summed E-state index contributed by atoms with van der Waals surface area (Å²) < 4.78 is 11.4. The Morgan fingerprint density at radius 1 is 1.38 bits per heavy atom. The van der Waals surface area contributed by atoms with Crippen LogP contribution in [0, 0.1) is 6.92 Å². The number of rotatable bonds is 1. The molecule has 1 aromatic carbocycles.